The van der Waals surface area contributed by atoms with Crippen LogP contribution >= 0.6 is 11.3 Å². The van der Waals surface area contributed by atoms with E-state index in [9.17, 15) is 4.79 Å². The molecular formula is C28H22FN7OS. The third-order valence-electron chi connectivity index (χ3n) is 7.13. The fourth-order valence-corrected chi connectivity index (χ4v) is 5.85. The summed E-state index contributed by atoms with van der Waals surface area (Å²) in [5, 5.41) is 14.6. The van der Waals surface area contributed by atoms with E-state index in [4.69, 9.17) is 4.98 Å². The number of halogens is 1. The van der Waals surface area contributed by atoms with E-state index in [0.29, 0.717) is 44.8 Å². The molecule has 3 N–H and O–H groups in total. The topological polar surface area (TPSA) is 112 Å². The van der Waals surface area contributed by atoms with Gasteiger partial charge >= 0.3 is 0 Å². The van der Waals surface area contributed by atoms with Crippen LogP contribution in [-0.4, -0.2) is 36.0 Å². The summed E-state index contributed by atoms with van der Waals surface area (Å²) in [7, 11) is 0. The molecule has 6 aromatic rings. The van der Waals surface area contributed by atoms with E-state index in [1.807, 2.05) is 22.9 Å². The lowest BCUT2D eigenvalue weighted by Gasteiger charge is -2.11. The van der Waals surface area contributed by atoms with Gasteiger partial charge in [-0.1, -0.05) is 12.8 Å². The van der Waals surface area contributed by atoms with Crippen molar-refractivity contribution < 1.29 is 9.18 Å². The predicted molar refractivity (Wildman–Crippen MR) is 146 cm³/mol. The van der Waals surface area contributed by atoms with Gasteiger partial charge in [0.05, 0.1) is 34.0 Å². The first-order valence-electron chi connectivity index (χ1n) is 12.5. The van der Waals surface area contributed by atoms with Crippen LogP contribution in [0.2, 0.25) is 0 Å². The number of aromatic nitrogens is 6. The second-order valence-corrected chi connectivity index (χ2v) is 10.3. The molecule has 7 rings (SSSR count). The Kier molecular flexibility index (Phi) is 5.47. The van der Waals surface area contributed by atoms with Crippen molar-refractivity contribution in [2.24, 2.45) is 5.92 Å². The van der Waals surface area contributed by atoms with Crippen LogP contribution in [-0.2, 0) is 4.79 Å². The number of amides is 1. The maximum Gasteiger partial charge on any atom is 0.227 e. The van der Waals surface area contributed by atoms with E-state index in [1.54, 1.807) is 48.1 Å². The standard InChI is InChI=1S/C28H22FN7OS/c29-23-19(17-11-18(13-30-12-17)32-28(37)15-3-1-2-4-15)5-6-20-22(23)26(36-35-20)27-33-21-7-9-31-24(25(21)34-27)16-8-10-38-14-16/h5-15H,1-4H2,(H,32,37)(H,33,34)(H,35,36). The Bertz CT molecular complexity index is 1800. The Labute approximate surface area is 220 Å². The summed E-state index contributed by atoms with van der Waals surface area (Å²) >= 11 is 1.59. The lowest BCUT2D eigenvalue weighted by molar-refractivity contribution is -0.119. The normalized spacial score (nSPS) is 14.0. The summed E-state index contributed by atoms with van der Waals surface area (Å²) < 4.78 is 16.1. The highest BCUT2D eigenvalue weighted by Gasteiger charge is 2.24. The summed E-state index contributed by atoms with van der Waals surface area (Å²) in [6, 6.07) is 9.07. The van der Waals surface area contributed by atoms with Crippen LogP contribution in [0.25, 0.3) is 55.8 Å². The van der Waals surface area contributed by atoms with Gasteiger partial charge in [-0.25, -0.2) is 9.37 Å². The van der Waals surface area contributed by atoms with E-state index >= 15 is 4.39 Å². The number of pyridine rings is 2. The van der Waals surface area contributed by atoms with Gasteiger partial charge in [0.25, 0.3) is 0 Å². The molecule has 10 heteroatoms. The van der Waals surface area contributed by atoms with Crippen LogP contribution in [0.5, 0.6) is 0 Å². The number of hydrogen-bond donors (Lipinski definition) is 3. The third kappa shape index (κ3) is 3.84. The maximum atomic E-state index is 16.1. The molecule has 5 aromatic heterocycles. The van der Waals surface area contributed by atoms with Crippen molar-refractivity contribution >= 4 is 44.9 Å². The minimum Gasteiger partial charge on any atom is -0.336 e. The zero-order valence-electron chi connectivity index (χ0n) is 20.2. The van der Waals surface area contributed by atoms with Crippen LogP contribution in [0.3, 0.4) is 0 Å². The molecule has 188 valence electrons. The molecule has 0 radical (unpaired) electrons. The van der Waals surface area contributed by atoms with Crippen molar-refractivity contribution in [3.8, 4) is 33.9 Å². The lowest BCUT2D eigenvalue weighted by Crippen LogP contribution is -2.20. The number of anilines is 1. The number of benzene rings is 1. The monoisotopic (exact) mass is 523 g/mol. The molecule has 1 saturated carbocycles. The number of fused-ring (bicyclic) bond motifs is 2. The first-order chi connectivity index (χ1) is 18.7. The number of carbonyl (C=O) groups is 1. The minimum absolute atomic E-state index is 0.00399. The highest BCUT2D eigenvalue weighted by Crippen LogP contribution is 2.36. The van der Waals surface area contributed by atoms with Crippen molar-refractivity contribution in [3.63, 3.8) is 0 Å². The summed E-state index contributed by atoms with van der Waals surface area (Å²) in [5.74, 6) is 0.0293. The Morgan fingerprint density at radius 3 is 2.79 bits per heavy atom. The molecule has 8 nitrogen and oxygen atoms in total. The van der Waals surface area contributed by atoms with Crippen LogP contribution in [0.1, 0.15) is 25.7 Å². The minimum atomic E-state index is -0.441. The van der Waals surface area contributed by atoms with Crippen molar-refractivity contribution in [1.29, 1.82) is 0 Å². The fraction of sp³-hybridized carbons (Fsp3) is 0.179. The van der Waals surface area contributed by atoms with Crippen LogP contribution < -0.4 is 5.32 Å². The zero-order valence-corrected chi connectivity index (χ0v) is 21.0. The Morgan fingerprint density at radius 2 is 1.95 bits per heavy atom. The molecule has 0 aliphatic heterocycles. The number of rotatable bonds is 5. The molecule has 0 spiro atoms. The molecule has 1 aromatic carbocycles. The van der Waals surface area contributed by atoms with Gasteiger partial charge in [0.2, 0.25) is 5.91 Å². The molecule has 1 fully saturated rings. The number of aromatic amines is 2. The quantitative estimate of drug-likeness (QED) is 0.237. The van der Waals surface area contributed by atoms with Crippen molar-refractivity contribution in [2.75, 3.05) is 5.32 Å². The van der Waals surface area contributed by atoms with E-state index in [0.717, 1.165) is 42.5 Å². The Morgan fingerprint density at radius 1 is 1.05 bits per heavy atom. The predicted octanol–water partition coefficient (Wildman–Crippen LogP) is 6.56. The second-order valence-electron chi connectivity index (χ2n) is 9.51. The summed E-state index contributed by atoms with van der Waals surface area (Å²) in [6.07, 6.45) is 8.86. The van der Waals surface area contributed by atoms with Gasteiger partial charge in [-0.3, -0.25) is 19.9 Å². The van der Waals surface area contributed by atoms with E-state index in [1.165, 1.54) is 0 Å². The zero-order chi connectivity index (χ0) is 25.6. The van der Waals surface area contributed by atoms with Crippen LogP contribution in [0.15, 0.2) is 59.7 Å². The van der Waals surface area contributed by atoms with Crippen molar-refractivity contribution in [3.05, 3.63) is 65.5 Å². The summed E-state index contributed by atoms with van der Waals surface area (Å²) in [5.41, 5.74) is 5.64. The lowest BCUT2D eigenvalue weighted by atomic mass is 10.0. The van der Waals surface area contributed by atoms with Gasteiger partial charge < -0.3 is 10.3 Å². The number of thiophene rings is 1. The molecule has 38 heavy (non-hydrogen) atoms. The largest absolute Gasteiger partial charge is 0.336 e. The number of nitrogens with one attached hydrogen (secondary N) is 3. The first kappa shape index (κ1) is 22.7. The smallest absolute Gasteiger partial charge is 0.227 e. The Balaban J connectivity index is 1.28. The Hall–Kier alpha value is -4.44. The van der Waals surface area contributed by atoms with Crippen LogP contribution in [0.4, 0.5) is 10.1 Å². The summed E-state index contributed by atoms with van der Waals surface area (Å²) in [4.78, 5) is 29.4. The number of imidazole rings is 1. The van der Waals surface area contributed by atoms with Gasteiger partial charge in [0.15, 0.2) is 5.82 Å². The number of carbonyl (C=O) groups excluding carboxylic acids is 1. The molecule has 1 amide bonds. The van der Waals surface area contributed by atoms with Gasteiger partial charge in [-0.05, 0) is 48.6 Å². The molecule has 0 unspecified atom stereocenters. The molecule has 0 atom stereocenters. The summed E-state index contributed by atoms with van der Waals surface area (Å²) in [6.45, 7) is 0. The van der Waals surface area contributed by atoms with Crippen molar-refractivity contribution in [1.82, 2.24) is 30.1 Å². The maximum absolute atomic E-state index is 16.1. The third-order valence-corrected chi connectivity index (χ3v) is 7.81. The molecule has 5 heterocycles. The first-order valence-corrected chi connectivity index (χ1v) is 13.4. The molecule has 0 saturated heterocycles. The van der Waals surface area contributed by atoms with Gasteiger partial charge in [-0.15, -0.1) is 0 Å². The van der Waals surface area contributed by atoms with E-state index < -0.39 is 5.82 Å². The van der Waals surface area contributed by atoms with Gasteiger partial charge in [-0.2, -0.15) is 16.4 Å². The SMILES string of the molecule is O=C(Nc1cncc(-c2ccc3[nH]nc(-c4nc5c(-c6ccsc6)nccc5[nH]4)c3c2F)c1)C1CCCC1. The number of nitrogens with zero attached hydrogens (tertiary/aromatic N) is 4. The second kappa shape index (κ2) is 9.14. The highest BCUT2D eigenvalue weighted by atomic mass is 32.1. The van der Waals surface area contributed by atoms with Gasteiger partial charge in [0, 0.05) is 40.4 Å². The van der Waals surface area contributed by atoms with Crippen LogP contribution in [0, 0.1) is 11.7 Å². The van der Waals surface area contributed by atoms with E-state index in [2.05, 4.69) is 30.5 Å². The van der Waals surface area contributed by atoms with E-state index in [-0.39, 0.29) is 11.8 Å². The number of H-pyrrole nitrogens is 2. The molecule has 0 bridgehead atoms. The fourth-order valence-electron chi connectivity index (χ4n) is 5.21. The molecular weight excluding hydrogens is 501 g/mol. The molecule has 1 aliphatic carbocycles. The average molecular weight is 524 g/mol. The number of hydrogen-bond acceptors (Lipinski definition) is 6. The average Bonchev–Trinajstić information content (AvgIpc) is 3.74. The molecule has 1 aliphatic rings. The highest BCUT2D eigenvalue weighted by molar-refractivity contribution is 7.08. The van der Waals surface area contributed by atoms with Crippen molar-refractivity contribution in [2.45, 2.75) is 25.7 Å². The van der Waals surface area contributed by atoms with Gasteiger partial charge in [0.1, 0.15) is 17.0 Å².